The highest BCUT2D eigenvalue weighted by atomic mass is 35.5. The number of pyridine rings is 2. The van der Waals surface area contributed by atoms with Crippen molar-refractivity contribution in [3.8, 4) is 22.5 Å². The number of aromatic amines is 1. The molecule has 1 aliphatic heterocycles. The van der Waals surface area contributed by atoms with Crippen LogP contribution in [-0.4, -0.2) is 29.9 Å². The summed E-state index contributed by atoms with van der Waals surface area (Å²) in [5.41, 5.74) is 5.03. The molecule has 0 aliphatic carbocycles. The molecule has 1 N–H and O–H groups in total. The predicted molar refractivity (Wildman–Crippen MR) is 101 cm³/mol. The van der Waals surface area contributed by atoms with Crippen LogP contribution in [0, 0.1) is 11.2 Å². The zero-order chi connectivity index (χ0) is 18.8. The van der Waals surface area contributed by atoms with Gasteiger partial charge in [-0.05, 0) is 30.0 Å². The van der Waals surface area contributed by atoms with Crippen LogP contribution in [0.3, 0.4) is 0 Å². The van der Waals surface area contributed by atoms with Crippen LogP contribution in [0.4, 0.5) is 4.39 Å². The van der Waals surface area contributed by atoms with Crippen molar-refractivity contribution in [3.63, 3.8) is 0 Å². The van der Waals surface area contributed by atoms with Gasteiger partial charge in [-0.1, -0.05) is 25.4 Å². The van der Waals surface area contributed by atoms with Crippen molar-refractivity contribution in [2.45, 2.75) is 26.8 Å². The van der Waals surface area contributed by atoms with Gasteiger partial charge in [-0.3, -0.25) is 14.8 Å². The third-order valence-corrected chi connectivity index (χ3v) is 5.21. The van der Waals surface area contributed by atoms with Crippen molar-refractivity contribution in [2.75, 3.05) is 0 Å². The Balaban J connectivity index is 1.82. The van der Waals surface area contributed by atoms with Crippen LogP contribution in [0.2, 0.25) is 5.15 Å². The summed E-state index contributed by atoms with van der Waals surface area (Å²) in [5.74, 6) is -0.377. The Morgan fingerprint density at radius 3 is 2.85 bits per heavy atom. The van der Waals surface area contributed by atoms with Crippen LogP contribution >= 0.6 is 11.6 Å². The van der Waals surface area contributed by atoms with Gasteiger partial charge in [0.05, 0.1) is 17.3 Å². The molecule has 6 nitrogen and oxygen atoms in total. The van der Waals surface area contributed by atoms with Crippen LogP contribution in [0.1, 0.15) is 19.5 Å². The second-order valence-corrected chi connectivity index (χ2v) is 7.99. The summed E-state index contributed by atoms with van der Waals surface area (Å²) in [7, 11) is 0. The minimum atomic E-state index is -0.377. The first kappa shape index (κ1) is 16.4. The number of rotatable bonds is 2. The van der Waals surface area contributed by atoms with E-state index in [1.54, 1.807) is 12.3 Å². The molecule has 0 amide bonds. The summed E-state index contributed by atoms with van der Waals surface area (Å²) in [6.45, 7) is 5.24. The zero-order valence-electron chi connectivity index (χ0n) is 14.8. The average molecular weight is 383 g/mol. The summed E-state index contributed by atoms with van der Waals surface area (Å²) in [6.07, 6.45) is 3.80. The maximum Gasteiger partial charge on any atom is 0.160 e. The van der Waals surface area contributed by atoms with E-state index in [1.807, 2.05) is 10.7 Å². The Kier molecular flexibility index (Phi) is 3.40. The molecule has 1 aliphatic rings. The lowest BCUT2D eigenvalue weighted by Crippen LogP contribution is -2.13. The Morgan fingerprint density at radius 1 is 1.22 bits per heavy atom. The Morgan fingerprint density at radius 2 is 2.07 bits per heavy atom. The monoisotopic (exact) mass is 382 g/mol. The molecule has 0 saturated carbocycles. The molecule has 5 heterocycles. The van der Waals surface area contributed by atoms with E-state index in [0.717, 1.165) is 35.2 Å². The lowest BCUT2D eigenvalue weighted by molar-refractivity contribution is 0.347. The molecule has 27 heavy (non-hydrogen) atoms. The molecular weight excluding hydrogens is 367 g/mol. The second kappa shape index (κ2) is 5.60. The van der Waals surface area contributed by atoms with Crippen molar-refractivity contribution in [1.29, 1.82) is 0 Å². The van der Waals surface area contributed by atoms with E-state index in [1.165, 1.54) is 12.3 Å². The Labute approximate surface area is 159 Å². The standard InChI is InChI=1S/C19H16ClFN6/c1-19(2)7-13-14(11-5-6-22-18-15(11)17(20)24-25-18)16(26-27(13)9-19)12-4-3-10(21)8-23-12/h3-6,8H,7,9H2,1-2H3,(H,22,24,25). The summed E-state index contributed by atoms with van der Waals surface area (Å²) < 4.78 is 15.4. The highest BCUT2D eigenvalue weighted by molar-refractivity contribution is 6.35. The van der Waals surface area contributed by atoms with Gasteiger partial charge >= 0.3 is 0 Å². The molecule has 0 saturated heterocycles. The summed E-state index contributed by atoms with van der Waals surface area (Å²) in [5, 5.41) is 12.9. The third-order valence-electron chi connectivity index (χ3n) is 4.94. The van der Waals surface area contributed by atoms with Gasteiger partial charge in [-0.15, -0.1) is 0 Å². The number of fused-ring (bicyclic) bond motifs is 2. The van der Waals surface area contributed by atoms with Crippen molar-refractivity contribution >= 4 is 22.6 Å². The zero-order valence-corrected chi connectivity index (χ0v) is 15.5. The van der Waals surface area contributed by atoms with Gasteiger partial charge < -0.3 is 0 Å². The van der Waals surface area contributed by atoms with Gasteiger partial charge in [0.25, 0.3) is 0 Å². The summed E-state index contributed by atoms with van der Waals surface area (Å²) >= 11 is 6.35. The smallest absolute Gasteiger partial charge is 0.160 e. The molecule has 0 bridgehead atoms. The minimum absolute atomic E-state index is 0.109. The molecule has 136 valence electrons. The molecular formula is C19H16ClFN6. The Bertz CT molecular complexity index is 1180. The van der Waals surface area contributed by atoms with E-state index in [0.29, 0.717) is 22.2 Å². The maximum atomic E-state index is 13.4. The lowest BCUT2D eigenvalue weighted by atomic mass is 9.88. The fourth-order valence-corrected chi connectivity index (χ4v) is 4.06. The van der Waals surface area contributed by atoms with Crippen molar-refractivity contribution in [2.24, 2.45) is 5.41 Å². The molecule has 0 atom stereocenters. The topological polar surface area (TPSA) is 72.3 Å². The quantitative estimate of drug-likeness (QED) is 0.562. The normalized spacial score (nSPS) is 15.4. The largest absolute Gasteiger partial charge is 0.268 e. The number of H-pyrrole nitrogens is 1. The molecule has 0 aromatic carbocycles. The first-order valence-corrected chi connectivity index (χ1v) is 9.01. The SMILES string of the molecule is CC1(C)Cc2c(-c3ccnc4[nH]nc(Cl)c34)c(-c3ccc(F)cn3)nn2C1. The molecule has 5 rings (SSSR count). The van der Waals surface area contributed by atoms with E-state index in [4.69, 9.17) is 16.7 Å². The van der Waals surface area contributed by atoms with Crippen LogP contribution < -0.4 is 0 Å². The van der Waals surface area contributed by atoms with Gasteiger partial charge in [0.2, 0.25) is 0 Å². The van der Waals surface area contributed by atoms with Crippen LogP contribution in [0.25, 0.3) is 33.5 Å². The molecule has 4 aromatic rings. The van der Waals surface area contributed by atoms with E-state index in [-0.39, 0.29) is 11.2 Å². The second-order valence-electron chi connectivity index (χ2n) is 7.63. The van der Waals surface area contributed by atoms with E-state index in [2.05, 4.69) is 34.0 Å². The van der Waals surface area contributed by atoms with Crippen LogP contribution in [-0.2, 0) is 13.0 Å². The predicted octanol–water partition coefficient (Wildman–Crippen LogP) is 4.26. The van der Waals surface area contributed by atoms with Crippen LogP contribution in [0.5, 0.6) is 0 Å². The van der Waals surface area contributed by atoms with Gasteiger partial charge in [-0.25, -0.2) is 9.37 Å². The first-order valence-electron chi connectivity index (χ1n) is 8.63. The van der Waals surface area contributed by atoms with Crippen molar-refractivity contribution in [1.82, 2.24) is 29.9 Å². The van der Waals surface area contributed by atoms with Gasteiger partial charge in [0, 0.05) is 29.6 Å². The molecule has 0 fully saturated rings. The van der Waals surface area contributed by atoms with Gasteiger partial charge in [0.1, 0.15) is 11.5 Å². The number of hydrogen-bond donors (Lipinski definition) is 1. The molecule has 0 radical (unpaired) electrons. The third kappa shape index (κ3) is 2.53. The van der Waals surface area contributed by atoms with Gasteiger partial charge in [0.15, 0.2) is 10.8 Å². The number of nitrogens with one attached hydrogen (secondary N) is 1. The summed E-state index contributed by atoms with van der Waals surface area (Å²) in [4.78, 5) is 8.56. The van der Waals surface area contributed by atoms with E-state index < -0.39 is 0 Å². The van der Waals surface area contributed by atoms with E-state index in [9.17, 15) is 4.39 Å². The minimum Gasteiger partial charge on any atom is -0.268 e. The van der Waals surface area contributed by atoms with Crippen LogP contribution in [0.15, 0.2) is 30.6 Å². The number of aromatic nitrogens is 6. The molecule has 0 spiro atoms. The molecule has 4 aromatic heterocycles. The Hall–Kier alpha value is -2.80. The highest BCUT2D eigenvalue weighted by Crippen LogP contribution is 2.44. The van der Waals surface area contributed by atoms with Gasteiger partial charge in [-0.2, -0.15) is 10.2 Å². The number of nitrogens with zero attached hydrogens (tertiary/aromatic N) is 5. The lowest BCUT2D eigenvalue weighted by Gasteiger charge is -2.15. The average Bonchev–Trinajstić information content (AvgIpc) is 3.25. The fourth-order valence-electron chi connectivity index (χ4n) is 3.82. The number of halogens is 2. The molecule has 8 heteroatoms. The molecule has 0 unspecified atom stereocenters. The first-order chi connectivity index (χ1) is 12.9. The highest BCUT2D eigenvalue weighted by Gasteiger charge is 2.35. The van der Waals surface area contributed by atoms with Crippen molar-refractivity contribution < 1.29 is 4.39 Å². The maximum absolute atomic E-state index is 13.4. The van der Waals surface area contributed by atoms with Crippen molar-refractivity contribution in [3.05, 3.63) is 47.3 Å². The fraction of sp³-hybridized carbons (Fsp3) is 0.263. The van der Waals surface area contributed by atoms with E-state index >= 15 is 0 Å². The summed E-state index contributed by atoms with van der Waals surface area (Å²) in [6, 6.07) is 4.96. The number of hydrogen-bond acceptors (Lipinski definition) is 4.